The summed E-state index contributed by atoms with van der Waals surface area (Å²) >= 11 is 0. The Balaban J connectivity index is 2.02. The van der Waals surface area contributed by atoms with Crippen molar-refractivity contribution in [3.05, 3.63) is 17.0 Å². The van der Waals surface area contributed by atoms with E-state index in [1.54, 1.807) is 0 Å². The number of rotatable bonds is 2. The van der Waals surface area contributed by atoms with Gasteiger partial charge in [-0.1, -0.05) is 5.16 Å². The van der Waals surface area contributed by atoms with Crippen molar-refractivity contribution in [2.24, 2.45) is 5.41 Å². The summed E-state index contributed by atoms with van der Waals surface area (Å²) in [6.07, 6.45) is 5.17. The second-order valence-electron chi connectivity index (χ2n) is 5.08. The topological polar surface area (TPSA) is 38.1 Å². The van der Waals surface area contributed by atoms with Gasteiger partial charge in [0, 0.05) is 24.4 Å². The third kappa shape index (κ3) is 1.26. The molecule has 1 spiro atoms. The largest absolute Gasteiger partial charge is 0.361 e. The van der Waals surface area contributed by atoms with E-state index in [0.29, 0.717) is 11.3 Å². The number of aromatic nitrogens is 1. The molecule has 1 fully saturated rings. The Morgan fingerprint density at radius 3 is 2.93 bits per heavy atom. The quantitative estimate of drug-likeness (QED) is 0.804. The van der Waals surface area contributed by atoms with E-state index in [0.717, 1.165) is 24.4 Å². The van der Waals surface area contributed by atoms with Crippen LogP contribution in [0.4, 0.5) is 0 Å². The lowest BCUT2D eigenvalue weighted by Gasteiger charge is -2.31. The summed E-state index contributed by atoms with van der Waals surface area (Å²) in [5.41, 5.74) is 3.11. The van der Waals surface area contributed by atoms with Crippen LogP contribution in [0.15, 0.2) is 4.52 Å². The van der Waals surface area contributed by atoms with Gasteiger partial charge < -0.3 is 9.84 Å². The van der Waals surface area contributed by atoms with Crippen molar-refractivity contribution in [3.8, 4) is 0 Å². The highest BCUT2D eigenvalue weighted by Gasteiger charge is 2.53. The summed E-state index contributed by atoms with van der Waals surface area (Å²) in [5.74, 6) is 1.78. The molecule has 1 aromatic heterocycles. The average molecular weight is 206 g/mol. The third-order valence-corrected chi connectivity index (χ3v) is 4.22. The van der Waals surface area contributed by atoms with Gasteiger partial charge in [0.15, 0.2) is 0 Å². The molecule has 0 aromatic carbocycles. The first-order chi connectivity index (χ1) is 7.27. The van der Waals surface area contributed by atoms with E-state index < -0.39 is 0 Å². The van der Waals surface area contributed by atoms with Crippen LogP contribution in [0.1, 0.15) is 42.2 Å². The Morgan fingerprint density at radius 2 is 2.27 bits per heavy atom. The molecule has 0 saturated heterocycles. The van der Waals surface area contributed by atoms with Crippen LogP contribution in [0.2, 0.25) is 0 Å². The number of fused-ring (bicyclic) bond motifs is 1. The molecule has 1 heterocycles. The molecule has 15 heavy (non-hydrogen) atoms. The molecule has 1 N–H and O–H groups in total. The van der Waals surface area contributed by atoms with Crippen molar-refractivity contribution in [2.45, 2.75) is 38.5 Å². The first-order valence-electron chi connectivity index (χ1n) is 5.86. The molecule has 82 valence electrons. The maximum atomic E-state index is 5.41. The highest BCUT2D eigenvalue weighted by atomic mass is 16.5. The van der Waals surface area contributed by atoms with E-state index in [4.69, 9.17) is 4.52 Å². The number of hydrogen-bond donors (Lipinski definition) is 1. The summed E-state index contributed by atoms with van der Waals surface area (Å²) in [6, 6.07) is 0. The molecule has 3 nitrogen and oxygen atoms in total. The van der Waals surface area contributed by atoms with E-state index in [1.165, 1.54) is 24.8 Å². The van der Waals surface area contributed by atoms with Crippen molar-refractivity contribution in [3.63, 3.8) is 0 Å². The SMILES string of the molecule is CNCC1c2c(C)noc2CCC12CC2. The highest BCUT2D eigenvalue weighted by Crippen LogP contribution is 2.62. The Labute approximate surface area is 90.2 Å². The lowest BCUT2D eigenvalue weighted by atomic mass is 9.74. The van der Waals surface area contributed by atoms with Crippen molar-refractivity contribution in [2.75, 3.05) is 13.6 Å². The fraction of sp³-hybridized carbons (Fsp3) is 0.750. The minimum absolute atomic E-state index is 0.590. The van der Waals surface area contributed by atoms with Gasteiger partial charge in [0.1, 0.15) is 5.76 Å². The number of hydrogen-bond acceptors (Lipinski definition) is 3. The van der Waals surface area contributed by atoms with Gasteiger partial charge in [-0.2, -0.15) is 0 Å². The van der Waals surface area contributed by atoms with E-state index in [1.807, 2.05) is 7.05 Å². The summed E-state index contributed by atoms with van der Waals surface area (Å²) in [5, 5.41) is 7.44. The van der Waals surface area contributed by atoms with E-state index in [2.05, 4.69) is 17.4 Å². The minimum Gasteiger partial charge on any atom is -0.361 e. The van der Waals surface area contributed by atoms with Crippen LogP contribution < -0.4 is 5.32 Å². The predicted octanol–water partition coefficient (Wildman–Crippen LogP) is 2.01. The van der Waals surface area contributed by atoms with Gasteiger partial charge in [0.05, 0.1) is 5.69 Å². The van der Waals surface area contributed by atoms with Gasteiger partial charge in [-0.25, -0.2) is 0 Å². The number of likely N-dealkylation sites (N-methyl/N-ethyl adjacent to an activating group) is 1. The second-order valence-corrected chi connectivity index (χ2v) is 5.08. The summed E-state index contributed by atoms with van der Waals surface area (Å²) in [6.45, 7) is 3.14. The van der Waals surface area contributed by atoms with Gasteiger partial charge in [0.25, 0.3) is 0 Å². The molecule has 1 unspecified atom stereocenters. The fourth-order valence-electron chi connectivity index (χ4n) is 3.18. The average Bonchev–Trinajstić information content (AvgIpc) is 2.91. The van der Waals surface area contributed by atoms with Gasteiger partial charge in [-0.15, -0.1) is 0 Å². The highest BCUT2D eigenvalue weighted by molar-refractivity contribution is 5.34. The van der Waals surface area contributed by atoms with Gasteiger partial charge in [-0.05, 0) is 38.6 Å². The smallest absolute Gasteiger partial charge is 0.140 e. The van der Waals surface area contributed by atoms with Crippen molar-refractivity contribution < 1.29 is 4.52 Å². The molecule has 0 bridgehead atoms. The van der Waals surface area contributed by atoms with Crippen molar-refractivity contribution in [1.82, 2.24) is 10.5 Å². The maximum absolute atomic E-state index is 5.41. The fourth-order valence-corrected chi connectivity index (χ4v) is 3.18. The zero-order chi connectivity index (χ0) is 10.5. The summed E-state index contributed by atoms with van der Waals surface area (Å²) in [7, 11) is 2.03. The minimum atomic E-state index is 0.590. The van der Waals surface area contributed by atoms with Crippen LogP contribution in [0.3, 0.4) is 0 Å². The first-order valence-corrected chi connectivity index (χ1v) is 5.86. The Kier molecular flexibility index (Phi) is 1.93. The second kappa shape index (κ2) is 3.08. The molecule has 0 amide bonds. The van der Waals surface area contributed by atoms with Crippen LogP contribution in [-0.2, 0) is 6.42 Å². The number of nitrogens with zero attached hydrogens (tertiary/aromatic N) is 1. The maximum Gasteiger partial charge on any atom is 0.140 e. The Bertz CT molecular complexity index is 379. The van der Waals surface area contributed by atoms with Gasteiger partial charge in [0.2, 0.25) is 0 Å². The molecule has 1 aromatic rings. The van der Waals surface area contributed by atoms with Crippen molar-refractivity contribution >= 4 is 0 Å². The van der Waals surface area contributed by atoms with Crippen LogP contribution in [0.25, 0.3) is 0 Å². The third-order valence-electron chi connectivity index (χ3n) is 4.22. The molecule has 1 saturated carbocycles. The molecule has 3 heteroatoms. The summed E-state index contributed by atoms with van der Waals surface area (Å²) in [4.78, 5) is 0. The van der Waals surface area contributed by atoms with Gasteiger partial charge in [-0.3, -0.25) is 0 Å². The monoisotopic (exact) mass is 206 g/mol. The molecule has 1 atom stereocenters. The number of aryl methyl sites for hydroxylation is 2. The van der Waals surface area contributed by atoms with Gasteiger partial charge >= 0.3 is 0 Å². The Morgan fingerprint density at radius 1 is 1.47 bits per heavy atom. The van der Waals surface area contributed by atoms with Crippen LogP contribution in [0.5, 0.6) is 0 Å². The molecule has 0 aliphatic heterocycles. The molecular formula is C12H18N2O. The molecular weight excluding hydrogens is 188 g/mol. The summed E-state index contributed by atoms with van der Waals surface area (Å²) < 4.78 is 5.41. The molecule has 3 rings (SSSR count). The molecule has 0 radical (unpaired) electrons. The standard InChI is InChI=1S/C12H18N2O/c1-8-11-9(7-13-2)12(5-6-12)4-3-10(11)15-14-8/h9,13H,3-7H2,1-2H3. The predicted molar refractivity (Wildman–Crippen MR) is 57.9 cm³/mol. The first kappa shape index (κ1) is 9.40. The van der Waals surface area contributed by atoms with E-state index in [-0.39, 0.29) is 0 Å². The lowest BCUT2D eigenvalue weighted by Crippen LogP contribution is -2.29. The van der Waals surface area contributed by atoms with Crippen molar-refractivity contribution in [1.29, 1.82) is 0 Å². The zero-order valence-corrected chi connectivity index (χ0v) is 9.47. The van der Waals surface area contributed by atoms with E-state index >= 15 is 0 Å². The van der Waals surface area contributed by atoms with Crippen LogP contribution in [0, 0.1) is 12.3 Å². The van der Waals surface area contributed by atoms with E-state index in [9.17, 15) is 0 Å². The Hall–Kier alpha value is -0.830. The lowest BCUT2D eigenvalue weighted by molar-refractivity contribution is 0.298. The zero-order valence-electron chi connectivity index (χ0n) is 9.47. The van der Waals surface area contributed by atoms with Crippen LogP contribution in [-0.4, -0.2) is 18.7 Å². The normalized spacial score (nSPS) is 26.7. The molecule has 2 aliphatic carbocycles. The molecule has 2 aliphatic rings. The van der Waals surface area contributed by atoms with Crippen LogP contribution >= 0.6 is 0 Å². The number of nitrogens with one attached hydrogen (secondary N) is 1.